The predicted molar refractivity (Wildman–Crippen MR) is 261 cm³/mol. The largest absolute Gasteiger partial charge is 0.0617 e. The molecule has 0 N–H and O–H groups in total. The Labute approximate surface area is 388 Å². The van der Waals surface area contributed by atoms with E-state index in [1.807, 2.05) is 12.1 Å². The molecule has 4 nitrogen and oxygen atoms in total. The third-order valence-corrected chi connectivity index (χ3v) is 15.2. The summed E-state index contributed by atoms with van der Waals surface area (Å²) in [5.41, 5.74) is 17.9. The maximum atomic E-state index is 5.49. The van der Waals surface area contributed by atoms with Crippen LogP contribution in [0.25, 0.3) is 112 Å². The van der Waals surface area contributed by atoms with Gasteiger partial charge in [-0.2, -0.15) is 0 Å². The Morgan fingerprint density at radius 3 is 1.20 bits per heavy atom. The van der Waals surface area contributed by atoms with Gasteiger partial charge in [-0.3, -0.25) is 0 Å². The van der Waals surface area contributed by atoms with Gasteiger partial charge in [-0.15, -0.1) is 0 Å². The van der Waals surface area contributed by atoms with Gasteiger partial charge in [0.1, 0.15) is 0 Å². The van der Waals surface area contributed by atoms with Crippen LogP contribution < -0.4 is 21.2 Å². The van der Waals surface area contributed by atoms with Crippen LogP contribution in [0.3, 0.4) is 0 Å². The predicted octanol–water partition coefficient (Wildman–Crippen LogP) is 11.9. The molecule has 0 bridgehead atoms. The van der Waals surface area contributed by atoms with Crippen molar-refractivity contribution in [1.82, 2.24) is 19.9 Å². The number of rotatable bonds is 8. The Balaban J connectivity index is 0.912. The molecule has 65 heavy (non-hydrogen) atoms. The topological polar surface area (TPSA) is 51.6 Å². The second-order valence-corrected chi connectivity index (χ2v) is 19.0. The average Bonchev–Trinajstić information content (AvgIpc) is 3.79. The van der Waals surface area contributed by atoms with Gasteiger partial charge in [-0.1, -0.05) is 109 Å². The first-order valence-corrected chi connectivity index (χ1v) is 23.9. The molecule has 0 fully saturated rings. The zero-order chi connectivity index (χ0) is 43.1. The van der Waals surface area contributed by atoms with Crippen LogP contribution >= 0.6 is 0 Å². The van der Waals surface area contributed by atoms with E-state index < -0.39 is 21.2 Å². The van der Waals surface area contributed by atoms with Crippen molar-refractivity contribution in [3.63, 3.8) is 0 Å². The van der Waals surface area contributed by atoms with Gasteiger partial charge in [0.25, 0.3) is 0 Å². The standard InChI is InChI=1S/C60H38IN4/c1-4-13-39(14-5-1)42-23-29-45(30-24-42)58-63-59(46-31-25-43(26-32-46)40-15-6-2-7-16-40)65-60(64-58)47-33-27-44(28-34-47)48-19-12-20-50(37-48)57-56-55(51-21-10-11-22-53(51)61-56)52-36-35-49(38-54(52)62-57)41-17-8-3-9-18-41/h1-38H/q-1. The van der Waals surface area contributed by atoms with E-state index >= 15 is 0 Å². The van der Waals surface area contributed by atoms with Gasteiger partial charge < -0.3 is 0 Å². The normalized spacial score (nSPS) is 11.8. The van der Waals surface area contributed by atoms with Crippen molar-refractivity contribution < 1.29 is 21.2 Å². The molecular formula is C60H38IN4-. The van der Waals surface area contributed by atoms with Crippen molar-refractivity contribution in [2.24, 2.45) is 0 Å². The van der Waals surface area contributed by atoms with Gasteiger partial charge in [0.2, 0.25) is 0 Å². The Morgan fingerprint density at radius 1 is 0.277 bits per heavy atom. The van der Waals surface area contributed by atoms with Crippen molar-refractivity contribution in [2.45, 2.75) is 0 Å². The zero-order valence-electron chi connectivity index (χ0n) is 35.1. The fourth-order valence-corrected chi connectivity index (χ4v) is 12.0. The van der Waals surface area contributed by atoms with E-state index in [1.54, 1.807) is 0 Å². The number of pyridine rings is 1. The van der Waals surface area contributed by atoms with Crippen LogP contribution in [-0.4, -0.2) is 19.9 Å². The van der Waals surface area contributed by atoms with Crippen LogP contribution in [-0.2, 0) is 0 Å². The summed E-state index contributed by atoms with van der Waals surface area (Å²) in [6.45, 7) is 0. The molecule has 11 aromatic rings. The van der Waals surface area contributed by atoms with Gasteiger partial charge in [0.15, 0.2) is 0 Å². The Kier molecular flexibility index (Phi) is 9.95. The number of halogens is 1. The molecule has 1 aliphatic heterocycles. The molecule has 0 saturated heterocycles. The monoisotopic (exact) mass is 941 g/mol. The summed E-state index contributed by atoms with van der Waals surface area (Å²) in [6, 6.07) is 81.5. The summed E-state index contributed by atoms with van der Waals surface area (Å²) in [6.07, 6.45) is 0. The molecular weight excluding hydrogens is 904 g/mol. The van der Waals surface area contributed by atoms with Crippen molar-refractivity contribution in [1.29, 1.82) is 0 Å². The molecule has 0 spiro atoms. The maximum Gasteiger partial charge on any atom is -0.0506 e. The van der Waals surface area contributed by atoms with Gasteiger partial charge in [0, 0.05) is 11.1 Å². The van der Waals surface area contributed by atoms with Crippen LogP contribution in [0.4, 0.5) is 0 Å². The minimum Gasteiger partial charge on any atom is -0.0617 e. The van der Waals surface area contributed by atoms with Gasteiger partial charge >= 0.3 is 243 Å². The number of hydrogen-bond donors (Lipinski definition) is 0. The average molecular weight is 942 g/mol. The summed E-state index contributed by atoms with van der Waals surface area (Å²) in [4.78, 5) is 20.7. The minimum absolute atomic E-state index is 0.415. The number of aromatic nitrogens is 4. The quantitative estimate of drug-likeness (QED) is 0.142. The molecule has 2 aromatic heterocycles. The smallest absolute Gasteiger partial charge is 0.0506 e. The summed E-state index contributed by atoms with van der Waals surface area (Å²) >= 11 is -0.415. The molecule has 0 amide bonds. The molecule has 0 saturated carbocycles. The van der Waals surface area contributed by atoms with Gasteiger partial charge in [0.05, 0.1) is 0 Å². The number of nitrogens with zero attached hydrogens (tertiary/aromatic N) is 4. The molecule has 0 atom stereocenters. The third kappa shape index (κ3) is 7.50. The van der Waals surface area contributed by atoms with E-state index in [9.17, 15) is 0 Å². The number of fused-ring (bicyclic) bond motifs is 5. The Morgan fingerprint density at radius 2 is 0.662 bits per heavy atom. The molecule has 306 valence electrons. The SMILES string of the molecule is c1ccc(-c2ccc(-c3nc(-c4ccc(-c5ccccc5)cc4)nc(-c4ccc(-c5cccc(-c6nc7cc(-c8ccccc8)ccc7c7c6[I-]c6ccccc6-7)c5)cc4)n3)cc2)cc1. The minimum atomic E-state index is -0.415. The summed E-state index contributed by atoms with van der Waals surface area (Å²) < 4.78 is 2.84. The van der Waals surface area contributed by atoms with Gasteiger partial charge in [-0.05, 0) is 22.3 Å². The molecule has 9 aromatic carbocycles. The molecule has 5 heteroatoms. The number of benzene rings is 9. The fraction of sp³-hybridized carbons (Fsp3) is 0. The summed E-state index contributed by atoms with van der Waals surface area (Å²) in [7, 11) is 0. The first-order chi connectivity index (χ1) is 32.2. The first-order valence-electron chi connectivity index (χ1n) is 21.7. The fourth-order valence-electron chi connectivity index (χ4n) is 8.75. The second-order valence-electron chi connectivity index (χ2n) is 16.2. The third-order valence-electron chi connectivity index (χ3n) is 12.1. The van der Waals surface area contributed by atoms with E-state index in [-0.39, 0.29) is 0 Å². The molecule has 0 aliphatic carbocycles. The molecule has 3 heterocycles. The molecule has 0 unspecified atom stereocenters. The van der Waals surface area contributed by atoms with Crippen LogP contribution in [0.15, 0.2) is 231 Å². The molecule has 0 radical (unpaired) electrons. The molecule has 12 rings (SSSR count). The van der Waals surface area contributed by atoms with Crippen molar-refractivity contribution in [3.8, 4) is 101 Å². The van der Waals surface area contributed by atoms with E-state index in [0.717, 1.165) is 55.7 Å². The molecule has 1 aliphatic rings. The van der Waals surface area contributed by atoms with Crippen molar-refractivity contribution in [2.75, 3.05) is 0 Å². The second kappa shape index (κ2) is 16.7. The van der Waals surface area contributed by atoms with E-state index in [0.29, 0.717) is 17.5 Å². The Hall–Kier alpha value is -7.87. The van der Waals surface area contributed by atoms with E-state index in [1.165, 1.54) is 45.9 Å². The summed E-state index contributed by atoms with van der Waals surface area (Å²) in [5.74, 6) is 1.88. The van der Waals surface area contributed by atoms with Gasteiger partial charge in [-0.25, -0.2) is 4.98 Å². The van der Waals surface area contributed by atoms with Crippen LogP contribution in [0.1, 0.15) is 0 Å². The van der Waals surface area contributed by atoms with Crippen molar-refractivity contribution >= 4 is 10.9 Å². The maximum absolute atomic E-state index is 5.49. The first kappa shape index (κ1) is 38.8. The zero-order valence-corrected chi connectivity index (χ0v) is 37.3. The summed E-state index contributed by atoms with van der Waals surface area (Å²) in [5, 5.41) is 1.22. The van der Waals surface area contributed by atoms with Crippen LogP contribution in [0, 0.1) is 7.14 Å². The van der Waals surface area contributed by atoms with Crippen LogP contribution in [0.2, 0.25) is 0 Å². The van der Waals surface area contributed by atoms with E-state index in [2.05, 4.69) is 218 Å². The van der Waals surface area contributed by atoms with E-state index in [4.69, 9.17) is 19.9 Å². The Bertz CT molecular complexity index is 3420. The van der Waals surface area contributed by atoms with Crippen molar-refractivity contribution in [3.05, 3.63) is 238 Å². The number of hydrogen-bond acceptors (Lipinski definition) is 4. The van der Waals surface area contributed by atoms with Crippen LogP contribution in [0.5, 0.6) is 0 Å².